The Bertz CT molecular complexity index is 1630. The number of ether oxygens (including phenoxy) is 2. The van der Waals surface area contributed by atoms with E-state index in [9.17, 15) is 23.1 Å². The van der Waals surface area contributed by atoms with Crippen LogP contribution in [0, 0.1) is 0 Å². The molecule has 5 atom stereocenters. The molecule has 3 N–H and O–H groups in total. The molecule has 1 aromatic heterocycles. The summed E-state index contributed by atoms with van der Waals surface area (Å²) in [5.74, 6) is -0.0762. The van der Waals surface area contributed by atoms with Gasteiger partial charge in [-0.1, -0.05) is 24.3 Å². The van der Waals surface area contributed by atoms with Crippen LogP contribution >= 0.6 is 0 Å². The average Bonchev–Trinajstić information content (AvgIpc) is 3.42. The molecule has 2 aromatic carbocycles. The van der Waals surface area contributed by atoms with Crippen LogP contribution in [-0.4, -0.2) is 91.6 Å². The minimum absolute atomic E-state index is 0.170. The molecule has 238 valence electrons. The summed E-state index contributed by atoms with van der Waals surface area (Å²) in [5.41, 5.74) is 2.87. The van der Waals surface area contributed by atoms with Crippen LogP contribution in [0.3, 0.4) is 0 Å². The van der Waals surface area contributed by atoms with Crippen molar-refractivity contribution in [3.63, 3.8) is 0 Å². The van der Waals surface area contributed by atoms with Gasteiger partial charge in [-0.25, -0.2) is 8.42 Å². The zero-order valence-electron chi connectivity index (χ0n) is 25.1. The molecule has 2 saturated heterocycles. The van der Waals surface area contributed by atoms with Crippen molar-refractivity contribution in [2.75, 3.05) is 26.0 Å². The van der Waals surface area contributed by atoms with Crippen molar-refractivity contribution in [1.82, 2.24) is 20.5 Å². The predicted molar refractivity (Wildman–Crippen MR) is 166 cm³/mol. The number of aromatic nitrogens is 1. The highest BCUT2D eigenvalue weighted by atomic mass is 32.2. The van der Waals surface area contributed by atoms with Crippen molar-refractivity contribution < 1.29 is 32.6 Å². The molecule has 0 spiro atoms. The third kappa shape index (κ3) is 7.36. The maximum Gasteiger partial charge on any atom is 0.255 e. The van der Waals surface area contributed by atoms with Gasteiger partial charge in [-0.3, -0.25) is 19.5 Å². The number of aliphatic hydroxyl groups excluding tert-OH is 1. The van der Waals surface area contributed by atoms with E-state index in [1.54, 1.807) is 48.8 Å². The highest BCUT2D eigenvalue weighted by Crippen LogP contribution is 2.30. The highest BCUT2D eigenvalue weighted by Gasteiger charge is 2.39. The van der Waals surface area contributed by atoms with E-state index in [0.29, 0.717) is 50.1 Å². The smallest absolute Gasteiger partial charge is 0.255 e. The molecule has 0 radical (unpaired) electrons. The molecule has 3 aliphatic rings. The first kappa shape index (κ1) is 31.2. The Hall–Kier alpha value is -3.84. The van der Waals surface area contributed by atoms with Crippen molar-refractivity contribution in [2.45, 2.75) is 67.5 Å². The maximum absolute atomic E-state index is 13.7. The van der Waals surface area contributed by atoms with Gasteiger partial charge in [0.05, 0.1) is 35.3 Å². The monoisotopic (exact) mass is 634 g/mol. The Balaban J connectivity index is 1.29. The number of nitrogens with one attached hydrogen (secondary N) is 2. The second kappa shape index (κ2) is 13.3. The number of carbonyl (C=O) groups is 2. The molecule has 0 aliphatic carbocycles. The normalized spacial score (nSPS) is 26.3. The molecule has 12 heteroatoms. The highest BCUT2D eigenvalue weighted by molar-refractivity contribution is 7.90. The van der Waals surface area contributed by atoms with Crippen molar-refractivity contribution in [1.29, 1.82) is 0 Å². The van der Waals surface area contributed by atoms with Gasteiger partial charge in [0.25, 0.3) is 5.91 Å². The first-order chi connectivity index (χ1) is 21.6. The number of sulfone groups is 1. The minimum Gasteiger partial charge on any atom is -0.493 e. The summed E-state index contributed by atoms with van der Waals surface area (Å²) < 4.78 is 36.3. The van der Waals surface area contributed by atoms with Crippen molar-refractivity contribution in [3.05, 3.63) is 78.1 Å². The summed E-state index contributed by atoms with van der Waals surface area (Å²) in [6.45, 7) is 1.42. The average molecular weight is 635 g/mol. The van der Waals surface area contributed by atoms with Crippen LogP contribution in [0.1, 0.15) is 41.6 Å². The molecule has 45 heavy (non-hydrogen) atoms. The van der Waals surface area contributed by atoms with E-state index < -0.39 is 28.1 Å². The van der Waals surface area contributed by atoms with E-state index in [-0.39, 0.29) is 42.0 Å². The van der Waals surface area contributed by atoms with Gasteiger partial charge in [0.1, 0.15) is 11.9 Å². The molecular weight excluding hydrogens is 596 g/mol. The van der Waals surface area contributed by atoms with E-state index in [2.05, 4.69) is 15.6 Å². The number of rotatable bonds is 4. The molecule has 6 rings (SSSR count). The number of nitrogens with zero attached hydrogens (tertiary/aromatic N) is 2. The van der Waals surface area contributed by atoms with Crippen molar-refractivity contribution in [3.8, 4) is 16.9 Å². The van der Waals surface area contributed by atoms with Gasteiger partial charge < -0.3 is 25.2 Å². The molecule has 0 unspecified atom stereocenters. The van der Waals surface area contributed by atoms with Crippen LogP contribution in [0.25, 0.3) is 11.1 Å². The second-order valence-corrected chi connectivity index (χ2v) is 14.1. The summed E-state index contributed by atoms with van der Waals surface area (Å²) in [5, 5.41) is 16.7. The minimum atomic E-state index is -3.33. The lowest BCUT2D eigenvalue weighted by Crippen LogP contribution is -2.50. The van der Waals surface area contributed by atoms with E-state index in [0.717, 1.165) is 16.7 Å². The SMILES string of the molecule is CS(=O)(=O)c1ccc(-c2ccc3c(c2)OCC[C@@H]2CC[C@H](O)[C@@H](CNC(=O)[C@@H]4C[C@@H](CN4Cc4cccnc4)NC3=O)O2)cc1. The van der Waals surface area contributed by atoms with Crippen molar-refractivity contribution in [2.24, 2.45) is 0 Å². The van der Waals surface area contributed by atoms with Crippen LogP contribution < -0.4 is 15.4 Å². The number of fused-ring (bicyclic) bond motifs is 5. The van der Waals surface area contributed by atoms with E-state index in [1.165, 1.54) is 6.26 Å². The fourth-order valence-electron chi connectivity index (χ4n) is 6.31. The summed E-state index contributed by atoms with van der Waals surface area (Å²) >= 11 is 0. The first-order valence-electron chi connectivity index (χ1n) is 15.3. The van der Waals surface area contributed by atoms with Crippen LogP contribution in [-0.2, 0) is 25.9 Å². The fraction of sp³-hybridized carbons (Fsp3) is 0.424. The molecule has 11 nitrogen and oxygen atoms in total. The van der Waals surface area contributed by atoms with Gasteiger partial charge in [0.2, 0.25) is 5.91 Å². The molecule has 4 heterocycles. The van der Waals surface area contributed by atoms with E-state index in [4.69, 9.17) is 9.47 Å². The first-order valence-corrected chi connectivity index (χ1v) is 17.2. The molecule has 0 saturated carbocycles. The number of amides is 2. The Labute approximate surface area is 262 Å². The van der Waals surface area contributed by atoms with Crippen molar-refractivity contribution >= 4 is 21.7 Å². The van der Waals surface area contributed by atoms with Gasteiger partial charge in [-0.2, -0.15) is 0 Å². The number of hydrogen-bond donors (Lipinski definition) is 3. The molecule has 3 aromatic rings. The van der Waals surface area contributed by atoms with E-state index >= 15 is 0 Å². The zero-order valence-corrected chi connectivity index (χ0v) is 25.9. The van der Waals surface area contributed by atoms with Gasteiger partial charge in [-0.05, 0) is 66.3 Å². The Morgan fingerprint density at radius 1 is 1.04 bits per heavy atom. The summed E-state index contributed by atoms with van der Waals surface area (Å²) in [6.07, 6.45) is 5.40. The number of benzene rings is 2. The summed E-state index contributed by atoms with van der Waals surface area (Å²) in [6, 6.07) is 14.9. The number of aliphatic hydroxyl groups is 1. The second-order valence-electron chi connectivity index (χ2n) is 12.0. The lowest BCUT2D eigenvalue weighted by molar-refractivity contribution is -0.133. The maximum atomic E-state index is 13.7. The number of hydrogen-bond acceptors (Lipinski definition) is 9. The van der Waals surface area contributed by atoms with Crippen LogP contribution in [0.2, 0.25) is 0 Å². The summed E-state index contributed by atoms with van der Waals surface area (Å²) in [4.78, 5) is 33.7. The number of carbonyl (C=O) groups excluding carboxylic acids is 2. The number of pyridine rings is 1. The third-order valence-corrected chi connectivity index (χ3v) is 9.88. The standard InChI is InChI=1S/C33H38N4O7S/c1-45(41,42)26-8-4-22(5-9-26)23-6-10-27-30(15-23)43-14-12-25-7-11-29(38)31(44-25)18-35-33(40)28-16-24(36-32(27)39)20-37(28)19-21-3-2-13-34-17-21/h2-6,8-10,13,15,17,24-25,28-29,31,38H,7,11-12,14,16,18-20H2,1H3,(H,35,40)(H,36,39)/t24-,25-,28-,29-,31+/m0/s1. The molecule has 3 aliphatic heterocycles. The number of likely N-dealkylation sites (tertiary alicyclic amines) is 1. The lowest BCUT2D eigenvalue weighted by atomic mass is 9.99. The fourth-order valence-corrected chi connectivity index (χ4v) is 6.94. The Morgan fingerprint density at radius 2 is 1.84 bits per heavy atom. The van der Waals surface area contributed by atoms with Gasteiger partial charge in [0.15, 0.2) is 9.84 Å². The molecule has 2 fully saturated rings. The lowest BCUT2D eigenvalue weighted by Gasteiger charge is -2.34. The van der Waals surface area contributed by atoms with Gasteiger partial charge in [0, 0.05) is 50.7 Å². The van der Waals surface area contributed by atoms with Crippen LogP contribution in [0.5, 0.6) is 5.75 Å². The molecule has 4 bridgehead atoms. The largest absolute Gasteiger partial charge is 0.493 e. The zero-order chi connectivity index (χ0) is 31.6. The van der Waals surface area contributed by atoms with Crippen LogP contribution in [0.15, 0.2) is 71.9 Å². The van der Waals surface area contributed by atoms with E-state index in [1.807, 2.05) is 23.1 Å². The Kier molecular flexibility index (Phi) is 9.18. The topological polar surface area (TPSA) is 147 Å². The van der Waals surface area contributed by atoms with Gasteiger partial charge >= 0.3 is 0 Å². The van der Waals surface area contributed by atoms with Crippen LogP contribution in [0.4, 0.5) is 0 Å². The third-order valence-electron chi connectivity index (χ3n) is 8.75. The Morgan fingerprint density at radius 3 is 2.60 bits per heavy atom. The summed E-state index contributed by atoms with van der Waals surface area (Å²) in [7, 11) is -3.33. The molecule has 2 amide bonds. The van der Waals surface area contributed by atoms with Gasteiger partial charge in [-0.15, -0.1) is 0 Å². The molecular formula is C33H38N4O7S. The predicted octanol–water partition coefficient (Wildman–Crippen LogP) is 2.33. The quantitative estimate of drug-likeness (QED) is 0.394.